The predicted octanol–water partition coefficient (Wildman–Crippen LogP) is 4.48. The zero-order valence-corrected chi connectivity index (χ0v) is 9.34. The summed E-state index contributed by atoms with van der Waals surface area (Å²) in [6.45, 7) is 2.22. The zero-order chi connectivity index (χ0) is 10.5. The van der Waals surface area contributed by atoms with Crippen molar-refractivity contribution in [1.82, 2.24) is 0 Å². The van der Waals surface area contributed by atoms with Crippen LogP contribution in [0.15, 0.2) is 24.3 Å². The summed E-state index contributed by atoms with van der Waals surface area (Å²) in [6, 6.07) is 0. The molecule has 0 aliphatic heterocycles. The molecule has 0 saturated heterocycles. The van der Waals surface area contributed by atoms with Gasteiger partial charge in [-0.05, 0) is 25.7 Å². The molecule has 0 bridgehead atoms. The van der Waals surface area contributed by atoms with E-state index in [1.54, 1.807) is 0 Å². The van der Waals surface area contributed by atoms with Gasteiger partial charge in [0.25, 0.3) is 0 Å². The minimum absolute atomic E-state index is 0.864. The maximum atomic E-state index is 5.14. The highest BCUT2D eigenvalue weighted by atomic mass is 13.9. The topological polar surface area (TPSA) is 0 Å². The SMILES string of the molecule is C#CCC/C=C/CC/C=C/CCCC. The molecule has 14 heavy (non-hydrogen) atoms. The Balaban J connectivity index is 3.16. The third-order valence-corrected chi connectivity index (χ3v) is 2.01. The summed E-state index contributed by atoms with van der Waals surface area (Å²) in [6.07, 6.45) is 22.1. The minimum atomic E-state index is 0.864. The Labute approximate surface area is 89.1 Å². The summed E-state index contributed by atoms with van der Waals surface area (Å²) in [7, 11) is 0. The van der Waals surface area contributed by atoms with Gasteiger partial charge in [-0.2, -0.15) is 0 Å². The lowest BCUT2D eigenvalue weighted by Crippen LogP contribution is -1.69. The third kappa shape index (κ3) is 11.0. The monoisotopic (exact) mass is 190 g/mol. The van der Waals surface area contributed by atoms with Crippen LogP contribution < -0.4 is 0 Å². The fraction of sp³-hybridized carbons (Fsp3) is 0.571. The number of terminal acetylenes is 1. The van der Waals surface area contributed by atoms with E-state index in [9.17, 15) is 0 Å². The van der Waals surface area contributed by atoms with Crippen molar-refractivity contribution in [2.75, 3.05) is 0 Å². The van der Waals surface area contributed by atoms with Crippen molar-refractivity contribution in [3.8, 4) is 12.3 Å². The molecule has 0 fully saturated rings. The maximum absolute atomic E-state index is 5.14. The first-order valence-electron chi connectivity index (χ1n) is 5.65. The summed E-state index contributed by atoms with van der Waals surface area (Å²) < 4.78 is 0. The Kier molecular flexibility index (Phi) is 11.2. The number of hydrogen-bond donors (Lipinski definition) is 0. The Hall–Kier alpha value is -0.960. The van der Waals surface area contributed by atoms with E-state index in [1.807, 2.05) is 0 Å². The van der Waals surface area contributed by atoms with Crippen LogP contribution in [0.5, 0.6) is 0 Å². The predicted molar refractivity (Wildman–Crippen MR) is 65.1 cm³/mol. The van der Waals surface area contributed by atoms with E-state index in [4.69, 9.17) is 6.42 Å². The first-order valence-corrected chi connectivity index (χ1v) is 5.65. The first-order chi connectivity index (χ1) is 6.91. The molecule has 0 heterocycles. The molecule has 0 saturated carbocycles. The zero-order valence-electron chi connectivity index (χ0n) is 9.34. The van der Waals surface area contributed by atoms with Crippen LogP contribution in [-0.2, 0) is 0 Å². The molecule has 0 nitrogen and oxygen atoms in total. The van der Waals surface area contributed by atoms with Crippen LogP contribution in [0.3, 0.4) is 0 Å². The molecule has 0 rings (SSSR count). The van der Waals surface area contributed by atoms with Gasteiger partial charge in [0.2, 0.25) is 0 Å². The highest BCUT2D eigenvalue weighted by molar-refractivity contribution is 4.92. The van der Waals surface area contributed by atoms with E-state index < -0.39 is 0 Å². The molecule has 0 aliphatic carbocycles. The molecule has 0 N–H and O–H groups in total. The van der Waals surface area contributed by atoms with Crippen LogP contribution in [0.4, 0.5) is 0 Å². The van der Waals surface area contributed by atoms with E-state index in [2.05, 4.69) is 37.1 Å². The van der Waals surface area contributed by atoms with Crippen molar-refractivity contribution >= 4 is 0 Å². The highest BCUT2D eigenvalue weighted by Crippen LogP contribution is 1.99. The minimum Gasteiger partial charge on any atom is -0.120 e. The smallest absolute Gasteiger partial charge is 0.0121 e. The molecule has 78 valence electrons. The molecular weight excluding hydrogens is 168 g/mol. The second kappa shape index (κ2) is 12.0. The van der Waals surface area contributed by atoms with Gasteiger partial charge in [-0.1, -0.05) is 44.1 Å². The second-order valence-electron chi connectivity index (χ2n) is 3.41. The lowest BCUT2D eigenvalue weighted by Gasteiger charge is -1.89. The Morgan fingerprint density at radius 1 is 0.929 bits per heavy atom. The van der Waals surface area contributed by atoms with E-state index >= 15 is 0 Å². The van der Waals surface area contributed by atoms with E-state index in [1.165, 1.54) is 19.3 Å². The average Bonchev–Trinajstić information content (AvgIpc) is 2.21. The van der Waals surface area contributed by atoms with Crippen LogP contribution >= 0.6 is 0 Å². The molecule has 0 aromatic heterocycles. The molecule has 0 aliphatic rings. The van der Waals surface area contributed by atoms with Crippen molar-refractivity contribution in [1.29, 1.82) is 0 Å². The normalized spacial score (nSPS) is 11.1. The van der Waals surface area contributed by atoms with Gasteiger partial charge in [0.05, 0.1) is 0 Å². The fourth-order valence-corrected chi connectivity index (χ4v) is 1.15. The Morgan fingerprint density at radius 3 is 2.07 bits per heavy atom. The van der Waals surface area contributed by atoms with Crippen molar-refractivity contribution in [2.24, 2.45) is 0 Å². The largest absolute Gasteiger partial charge is 0.120 e. The molecule has 0 aromatic rings. The van der Waals surface area contributed by atoms with Gasteiger partial charge in [0.1, 0.15) is 0 Å². The van der Waals surface area contributed by atoms with Crippen LogP contribution in [0, 0.1) is 12.3 Å². The number of hydrogen-bond acceptors (Lipinski definition) is 0. The van der Waals surface area contributed by atoms with Crippen LogP contribution in [0.25, 0.3) is 0 Å². The number of allylic oxidation sites excluding steroid dienone is 4. The molecule has 0 atom stereocenters. The molecule has 0 heteroatoms. The van der Waals surface area contributed by atoms with Crippen LogP contribution in [0.1, 0.15) is 51.9 Å². The lowest BCUT2D eigenvalue weighted by molar-refractivity contribution is 0.811. The van der Waals surface area contributed by atoms with Crippen LogP contribution in [0.2, 0.25) is 0 Å². The van der Waals surface area contributed by atoms with Crippen molar-refractivity contribution < 1.29 is 0 Å². The molecule has 0 aromatic carbocycles. The number of unbranched alkanes of at least 4 members (excludes halogenated alkanes) is 4. The molecule has 0 amide bonds. The first kappa shape index (κ1) is 13.0. The summed E-state index contributed by atoms with van der Waals surface area (Å²) in [5.41, 5.74) is 0. The molecule has 0 unspecified atom stereocenters. The third-order valence-electron chi connectivity index (χ3n) is 2.01. The van der Waals surface area contributed by atoms with Crippen molar-refractivity contribution in [2.45, 2.75) is 51.9 Å². The quantitative estimate of drug-likeness (QED) is 0.301. The maximum Gasteiger partial charge on any atom is 0.0121 e. The van der Waals surface area contributed by atoms with Gasteiger partial charge < -0.3 is 0 Å². The summed E-state index contributed by atoms with van der Waals surface area (Å²) in [5, 5.41) is 0. The lowest BCUT2D eigenvalue weighted by atomic mass is 10.2. The van der Waals surface area contributed by atoms with Crippen molar-refractivity contribution in [3.63, 3.8) is 0 Å². The summed E-state index contributed by atoms with van der Waals surface area (Å²) in [5.74, 6) is 2.63. The van der Waals surface area contributed by atoms with Gasteiger partial charge in [0.15, 0.2) is 0 Å². The van der Waals surface area contributed by atoms with Crippen LogP contribution in [-0.4, -0.2) is 0 Å². The van der Waals surface area contributed by atoms with Gasteiger partial charge in [-0.3, -0.25) is 0 Å². The molecule has 0 spiro atoms. The van der Waals surface area contributed by atoms with Gasteiger partial charge in [-0.15, -0.1) is 12.3 Å². The van der Waals surface area contributed by atoms with E-state index in [0.29, 0.717) is 0 Å². The molecular formula is C14H22. The Morgan fingerprint density at radius 2 is 1.50 bits per heavy atom. The second-order valence-corrected chi connectivity index (χ2v) is 3.41. The van der Waals surface area contributed by atoms with Gasteiger partial charge >= 0.3 is 0 Å². The van der Waals surface area contributed by atoms with E-state index in [-0.39, 0.29) is 0 Å². The Bertz CT molecular complexity index is 191. The number of rotatable bonds is 8. The average molecular weight is 190 g/mol. The molecule has 0 radical (unpaired) electrons. The summed E-state index contributed by atoms with van der Waals surface area (Å²) >= 11 is 0. The van der Waals surface area contributed by atoms with Gasteiger partial charge in [-0.25, -0.2) is 0 Å². The standard InChI is InChI=1S/C14H22/c1-3-5-7-9-11-13-14-12-10-8-6-4-2/h1,9-12H,4-8,13-14H2,2H3/b11-9+,12-10+. The highest BCUT2D eigenvalue weighted by Gasteiger charge is 1.79. The van der Waals surface area contributed by atoms with E-state index in [0.717, 1.165) is 25.7 Å². The van der Waals surface area contributed by atoms with Crippen molar-refractivity contribution in [3.05, 3.63) is 24.3 Å². The fourth-order valence-electron chi connectivity index (χ4n) is 1.15. The van der Waals surface area contributed by atoms with Gasteiger partial charge in [0, 0.05) is 6.42 Å². The summed E-state index contributed by atoms with van der Waals surface area (Å²) in [4.78, 5) is 0.